The van der Waals surface area contributed by atoms with Crippen molar-refractivity contribution in [3.8, 4) is 0 Å². The van der Waals surface area contributed by atoms with Gasteiger partial charge in [-0.1, -0.05) is 0 Å². The van der Waals surface area contributed by atoms with Gasteiger partial charge in [0.05, 0.1) is 6.61 Å². The Balaban J connectivity index is 1.92. The molecule has 0 aromatic carbocycles. The quantitative estimate of drug-likeness (QED) is 0.360. The van der Waals surface area contributed by atoms with E-state index in [-0.39, 0.29) is 6.10 Å². The summed E-state index contributed by atoms with van der Waals surface area (Å²) in [5.41, 5.74) is 3.17. The average Bonchev–Trinajstić information content (AvgIpc) is 2.42. The second-order valence-electron chi connectivity index (χ2n) is 5.08. The Kier molecular flexibility index (Phi) is 4.94. The van der Waals surface area contributed by atoms with Crippen LogP contribution in [0.2, 0.25) is 0 Å². The first kappa shape index (κ1) is 13.7. The lowest BCUT2D eigenvalue weighted by molar-refractivity contribution is 0.0507. The van der Waals surface area contributed by atoms with E-state index < -0.39 is 0 Å². The molecule has 0 aliphatic carbocycles. The number of likely N-dealkylation sites (tertiary alicyclic amines) is 1. The van der Waals surface area contributed by atoms with Gasteiger partial charge < -0.3 is 15.0 Å². The van der Waals surface area contributed by atoms with Gasteiger partial charge in [-0.3, -0.25) is 10.4 Å². The molecule has 6 nitrogen and oxygen atoms in total. The highest BCUT2D eigenvalue weighted by Gasteiger charge is 2.29. The van der Waals surface area contributed by atoms with Crippen LogP contribution in [-0.2, 0) is 4.74 Å². The largest absolute Gasteiger partial charge is 0.368 e. The molecule has 18 heavy (non-hydrogen) atoms. The number of hydrogen-bond donors (Lipinski definition) is 3. The molecule has 0 amide bonds. The standard InChI is InChI=1S/C12H25N5O/c1-14-17(10-3-6-16(2)7-4-10)12(13)11-9-15-5-8-18-11/h10-11,13-15H,3-9H2,1-2H3. The van der Waals surface area contributed by atoms with Crippen LogP contribution in [0.3, 0.4) is 0 Å². The van der Waals surface area contributed by atoms with Crippen LogP contribution in [0.1, 0.15) is 12.8 Å². The fourth-order valence-corrected chi connectivity index (χ4v) is 2.65. The highest BCUT2D eigenvalue weighted by atomic mass is 16.5. The molecule has 0 aromatic rings. The number of hydrogen-bond acceptors (Lipinski definition) is 5. The molecule has 2 rings (SSSR count). The van der Waals surface area contributed by atoms with Crippen molar-refractivity contribution in [3.63, 3.8) is 0 Å². The summed E-state index contributed by atoms with van der Waals surface area (Å²) >= 11 is 0. The van der Waals surface area contributed by atoms with Crippen LogP contribution >= 0.6 is 0 Å². The molecule has 2 aliphatic heterocycles. The highest BCUT2D eigenvalue weighted by molar-refractivity contribution is 5.84. The molecule has 2 fully saturated rings. The van der Waals surface area contributed by atoms with E-state index in [2.05, 4.69) is 22.7 Å². The van der Waals surface area contributed by atoms with Gasteiger partial charge >= 0.3 is 0 Å². The monoisotopic (exact) mass is 255 g/mol. The van der Waals surface area contributed by atoms with Crippen molar-refractivity contribution < 1.29 is 4.74 Å². The Hall–Kier alpha value is -0.690. The third-order valence-electron chi connectivity index (χ3n) is 3.79. The Morgan fingerprint density at radius 1 is 1.44 bits per heavy atom. The van der Waals surface area contributed by atoms with E-state index in [9.17, 15) is 0 Å². The van der Waals surface area contributed by atoms with Crippen LogP contribution in [0.4, 0.5) is 0 Å². The lowest BCUT2D eigenvalue weighted by Crippen LogP contribution is -2.57. The predicted molar refractivity (Wildman–Crippen MR) is 71.8 cm³/mol. The summed E-state index contributed by atoms with van der Waals surface area (Å²) in [7, 11) is 4.04. The van der Waals surface area contributed by atoms with Gasteiger partial charge in [0.25, 0.3) is 0 Å². The van der Waals surface area contributed by atoms with E-state index >= 15 is 0 Å². The number of ether oxygens (including phenoxy) is 1. The van der Waals surface area contributed by atoms with E-state index in [1.54, 1.807) is 0 Å². The molecule has 1 atom stereocenters. The normalized spacial score (nSPS) is 27.1. The number of rotatable bonds is 3. The predicted octanol–water partition coefficient (Wildman–Crippen LogP) is -0.517. The summed E-state index contributed by atoms with van der Waals surface area (Å²) < 4.78 is 5.66. The van der Waals surface area contributed by atoms with Crippen LogP contribution in [0.15, 0.2) is 0 Å². The zero-order valence-electron chi connectivity index (χ0n) is 11.4. The topological polar surface area (TPSA) is 63.6 Å². The summed E-state index contributed by atoms with van der Waals surface area (Å²) in [6.45, 7) is 4.51. The number of nitrogens with zero attached hydrogens (tertiary/aromatic N) is 2. The van der Waals surface area contributed by atoms with Crippen LogP contribution in [-0.4, -0.2) is 74.8 Å². The third kappa shape index (κ3) is 3.20. The molecule has 6 heteroatoms. The molecule has 0 aromatic heterocycles. The molecular formula is C12H25N5O. The molecule has 104 valence electrons. The molecule has 2 aliphatic rings. The first-order valence-corrected chi connectivity index (χ1v) is 6.78. The number of hydrazine groups is 1. The van der Waals surface area contributed by atoms with E-state index in [1.165, 1.54) is 0 Å². The minimum absolute atomic E-state index is 0.120. The van der Waals surface area contributed by atoms with Crippen molar-refractivity contribution in [2.24, 2.45) is 0 Å². The molecule has 0 spiro atoms. The Morgan fingerprint density at radius 3 is 2.72 bits per heavy atom. The first-order valence-electron chi connectivity index (χ1n) is 6.78. The second-order valence-corrected chi connectivity index (χ2v) is 5.08. The SMILES string of the molecule is CNN(C(=N)C1CNCCO1)C1CCN(C)CC1. The first-order chi connectivity index (χ1) is 8.72. The zero-order valence-corrected chi connectivity index (χ0v) is 11.4. The van der Waals surface area contributed by atoms with Crippen LogP contribution in [0, 0.1) is 5.41 Å². The summed E-state index contributed by atoms with van der Waals surface area (Å²) in [4.78, 5) is 2.34. The zero-order chi connectivity index (χ0) is 13.0. The maximum absolute atomic E-state index is 8.31. The number of nitrogens with one attached hydrogen (secondary N) is 3. The van der Waals surface area contributed by atoms with E-state index in [1.807, 2.05) is 12.1 Å². The van der Waals surface area contributed by atoms with Crippen molar-refractivity contribution in [2.45, 2.75) is 25.0 Å². The molecule has 0 saturated carbocycles. The average molecular weight is 255 g/mol. The van der Waals surface area contributed by atoms with E-state index in [0.717, 1.165) is 39.0 Å². The van der Waals surface area contributed by atoms with Gasteiger partial charge in [0.15, 0.2) is 0 Å². The van der Waals surface area contributed by atoms with E-state index in [4.69, 9.17) is 10.1 Å². The summed E-state index contributed by atoms with van der Waals surface area (Å²) in [6.07, 6.45) is 2.07. The third-order valence-corrected chi connectivity index (χ3v) is 3.79. The maximum atomic E-state index is 8.31. The lowest BCUT2D eigenvalue weighted by Gasteiger charge is -2.40. The Morgan fingerprint density at radius 2 is 2.17 bits per heavy atom. The molecule has 1 unspecified atom stereocenters. The maximum Gasteiger partial charge on any atom is 0.142 e. The second kappa shape index (κ2) is 6.47. The molecule has 0 radical (unpaired) electrons. The van der Waals surface area contributed by atoms with Crippen LogP contribution < -0.4 is 10.7 Å². The van der Waals surface area contributed by atoms with Crippen LogP contribution in [0.25, 0.3) is 0 Å². The van der Waals surface area contributed by atoms with Gasteiger partial charge in [-0.25, -0.2) is 5.43 Å². The van der Waals surface area contributed by atoms with Gasteiger partial charge in [-0.15, -0.1) is 0 Å². The van der Waals surface area contributed by atoms with Crippen LogP contribution in [0.5, 0.6) is 0 Å². The fraction of sp³-hybridized carbons (Fsp3) is 0.917. The van der Waals surface area contributed by atoms with Crippen molar-refractivity contribution in [1.29, 1.82) is 5.41 Å². The highest BCUT2D eigenvalue weighted by Crippen LogP contribution is 2.15. The van der Waals surface area contributed by atoms with Crippen molar-refractivity contribution in [1.82, 2.24) is 20.7 Å². The van der Waals surface area contributed by atoms with Crippen molar-refractivity contribution in [2.75, 3.05) is 46.9 Å². The fourth-order valence-electron chi connectivity index (χ4n) is 2.65. The summed E-state index contributed by atoms with van der Waals surface area (Å²) in [5, 5.41) is 13.6. The lowest BCUT2D eigenvalue weighted by atomic mass is 10.0. The number of morpholine rings is 1. The number of piperidine rings is 1. The van der Waals surface area contributed by atoms with E-state index in [0.29, 0.717) is 18.5 Å². The van der Waals surface area contributed by atoms with Gasteiger partial charge in [0, 0.05) is 26.2 Å². The summed E-state index contributed by atoms with van der Waals surface area (Å²) in [5.74, 6) is 0.555. The Bertz CT molecular complexity index is 272. The molecule has 2 saturated heterocycles. The van der Waals surface area contributed by atoms with Crippen molar-refractivity contribution in [3.05, 3.63) is 0 Å². The molecular weight excluding hydrogens is 230 g/mol. The van der Waals surface area contributed by atoms with Gasteiger partial charge in [-0.05, 0) is 33.0 Å². The minimum Gasteiger partial charge on any atom is -0.368 e. The van der Waals surface area contributed by atoms with Gasteiger partial charge in [0.1, 0.15) is 11.9 Å². The Labute approximate surface area is 109 Å². The minimum atomic E-state index is -0.120. The molecule has 2 heterocycles. The smallest absolute Gasteiger partial charge is 0.142 e. The van der Waals surface area contributed by atoms with Gasteiger partial charge in [-0.2, -0.15) is 0 Å². The molecule has 0 bridgehead atoms. The van der Waals surface area contributed by atoms with Crippen molar-refractivity contribution >= 4 is 5.84 Å². The molecule has 3 N–H and O–H groups in total. The number of amidine groups is 1. The van der Waals surface area contributed by atoms with Gasteiger partial charge in [0.2, 0.25) is 0 Å². The summed E-state index contributed by atoms with van der Waals surface area (Å²) in [6, 6.07) is 0.407.